The fourth-order valence-electron chi connectivity index (χ4n) is 6.36. The number of hydrogen-bond donors (Lipinski definition) is 4. The van der Waals surface area contributed by atoms with Crippen LogP contribution >= 0.6 is 0 Å². The van der Waals surface area contributed by atoms with Crippen LogP contribution in [-0.2, 0) is 32.0 Å². The van der Waals surface area contributed by atoms with E-state index in [2.05, 4.69) is 0 Å². The number of methoxy groups -OCH3 is 1. The number of phenolic OH excluding ortho intramolecular Hbond substituents is 2. The number of fused-ring (bicyclic) bond motifs is 3. The predicted octanol–water partition coefficient (Wildman–Crippen LogP) is 1.30. The van der Waals surface area contributed by atoms with Crippen LogP contribution in [0.3, 0.4) is 0 Å². The number of aliphatic hydroxyl groups is 1. The molecule has 1 amide bonds. The van der Waals surface area contributed by atoms with E-state index in [1.165, 1.54) is 13.2 Å². The number of ketones is 4. The van der Waals surface area contributed by atoms with Crippen LogP contribution in [0.2, 0.25) is 0 Å². The maximum absolute atomic E-state index is 13.6. The Bertz CT molecular complexity index is 1480. The highest BCUT2D eigenvalue weighted by Gasteiger charge is 2.66. The van der Waals surface area contributed by atoms with E-state index in [1.807, 2.05) is 0 Å². The lowest BCUT2D eigenvalue weighted by molar-refractivity contribution is -0.175. The van der Waals surface area contributed by atoms with Gasteiger partial charge in [-0.1, -0.05) is 30.4 Å². The predicted molar refractivity (Wildman–Crippen MR) is 136 cm³/mol. The highest BCUT2D eigenvalue weighted by molar-refractivity contribution is 6.31. The van der Waals surface area contributed by atoms with Gasteiger partial charge in [0.25, 0.3) is 0 Å². The molecule has 3 aliphatic rings. The molecular weight excluding hydrogens is 506 g/mol. The minimum Gasteiger partial charge on any atom is -0.507 e. The maximum atomic E-state index is 13.6. The normalized spacial score (nSPS) is 28.2. The molecule has 2 aromatic carbocycles. The van der Waals surface area contributed by atoms with Crippen molar-refractivity contribution in [2.24, 2.45) is 29.4 Å². The first-order valence-electron chi connectivity index (χ1n) is 12.5. The first kappa shape index (κ1) is 26.3. The van der Waals surface area contributed by atoms with Gasteiger partial charge >= 0.3 is 0 Å². The molecule has 3 aliphatic carbocycles. The van der Waals surface area contributed by atoms with Crippen LogP contribution in [0.4, 0.5) is 0 Å². The van der Waals surface area contributed by atoms with Gasteiger partial charge in [-0.25, -0.2) is 0 Å². The average Bonchev–Trinajstić information content (AvgIpc) is 2.88. The lowest BCUT2D eigenvalue weighted by Crippen LogP contribution is -2.68. The summed E-state index contributed by atoms with van der Waals surface area (Å²) in [7, 11) is 1.45. The number of nitrogens with two attached hydrogens (primary N) is 1. The van der Waals surface area contributed by atoms with Gasteiger partial charge in [0, 0.05) is 17.9 Å². The van der Waals surface area contributed by atoms with Crippen molar-refractivity contribution in [1.82, 2.24) is 0 Å². The monoisotopic (exact) mass is 533 g/mol. The third-order valence-electron chi connectivity index (χ3n) is 8.26. The van der Waals surface area contributed by atoms with Crippen LogP contribution in [0, 0.1) is 23.7 Å². The Balaban J connectivity index is 1.49. The van der Waals surface area contributed by atoms with Crippen LogP contribution in [0.15, 0.2) is 36.4 Å². The number of benzene rings is 2. The first-order chi connectivity index (χ1) is 18.5. The number of rotatable bonds is 5. The second-order valence-electron chi connectivity index (χ2n) is 10.3. The van der Waals surface area contributed by atoms with Crippen molar-refractivity contribution >= 4 is 35.1 Å². The smallest absolute Gasteiger partial charge is 0.235 e. The quantitative estimate of drug-likeness (QED) is 0.412. The largest absolute Gasteiger partial charge is 0.507 e. The molecule has 202 valence electrons. The Morgan fingerprint density at radius 2 is 1.85 bits per heavy atom. The number of hydrogen-bond acceptors (Lipinski definition) is 9. The number of ether oxygens (including phenoxy) is 1. The first-order valence-corrected chi connectivity index (χ1v) is 12.5. The van der Waals surface area contributed by atoms with E-state index in [4.69, 9.17) is 10.5 Å². The number of carbonyl (C=O) groups is 5. The summed E-state index contributed by atoms with van der Waals surface area (Å²) in [5.74, 6) is -10.1. The van der Waals surface area contributed by atoms with E-state index in [0.717, 1.165) is 0 Å². The fraction of sp³-hybridized carbons (Fsp3) is 0.345. The van der Waals surface area contributed by atoms with E-state index in [9.17, 15) is 39.3 Å². The molecule has 0 radical (unpaired) electrons. The van der Waals surface area contributed by atoms with Crippen molar-refractivity contribution in [3.05, 3.63) is 58.7 Å². The van der Waals surface area contributed by atoms with E-state index >= 15 is 0 Å². The number of primary amides is 1. The molecule has 10 heteroatoms. The van der Waals surface area contributed by atoms with Gasteiger partial charge in [-0.05, 0) is 48.4 Å². The molecule has 0 bridgehead atoms. The van der Waals surface area contributed by atoms with Crippen molar-refractivity contribution in [2.75, 3.05) is 7.11 Å². The summed E-state index contributed by atoms with van der Waals surface area (Å²) >= 11 is 0. The molecule has 0 aliphatic heterocycles. The Morgan fingerprint density at radius 3 is 2.54 bits per heavy atom. The number of amides is 1. The molecular formula is C29H27NO9. The number of carbonyl (C=O) groups excluding carboxylic acids is 5. The van der Waals surface area contributed by atoms with Crippen molar-refractivity contribution in [2.45, 2.75) is 31.3 Å². The topological polar surface area (TPSA) is 181 Å². The highest BCUT2D eigenvalue weighted by Crippen LogP contribution is 2.50. The van der Waals surface area contributed by atoms with Gasteiger partial charge in [0.1, 0.15) is 5.75 Å². The Morgan fingerprint density at radius 1 is 1.10 bits per heavy atom. The van der Waals surface area contributed by atoms with Crippen LogP contribution in [0.5, 0.6) is 17.2 Å². The third kappa shape index (κ3) is 3.94. The Hall–Kier alpha value is -4.31. The molecule has 0 spiro atoms. The van der Waals surface area contributed by atoms with Gasteiger partial charge in [-0.15, -0.1) is 0 Å². The molecule has 2 unspecified atom stereocenters. The summed E-state index contributed by atoms with van der Waals surface area (Å²) in [5, 5.41) is 32.2. The molecule has 2 fully saturated rings. The summed E-state index contributed by atoms with van der Waals surface area (Å²) in [6.07, 6.45) is 3.70. The molecule has 2 aromatic rings. The van der Waals surface area contributed by atoms with Gasteiger partial charge in [-0.3, -0.25) is 24.0 Å². The SMILES string of the molecule is COc1cccc(CC=Cc2ccc(O)c3c2C[C@H]2C[C@H]4CC(=O)C(C(N)=O)C(=O)[C@@]4(O)C(=O)C2C3=O)c1O. The molecule has 5 atom stereocenters. The second kappa shape index (κ2) is 9.46. The van der Waals surface area contributed by atoms with Gasteiger partial charge in [0.05, 0.1) is 18.6 Å². The Labute approximate surface area is 223 Å². The molecule has 2 saturated carbocycles. The van der Waals surface area contributed by atoms with Crippen molar-refractivity contribution < 1.29 is 44.0 Å². The van der Waals surface area contributed by atoms with Gasteiger partial charge in [0.2, 0.25) is 5.91 Å². The molecule has 0 saturated heterocycles. The maximum Gasteiger partial charge on any atom is 0.235 e. The molecule has 5 rings (SSSR count). The van der Waals surface area contributed by atoms with Crippen molar-refractivity contribution in [3.63, 3.8) is 0 Å². The molecule has 5 N–H and O–H groups in total. The molecule has 39 heavy (non-hydrogen) atoms. The number of Topliss-reactive ketones (excluding diaryl/α,β-unsaturated/α-hetero) is 4. The van der Waals surface area contributed by atoms with E-state index in [0.29, 0.717) is 28.9 Å². The van der Waals surface area contributed by atoms with Crippen molar-refractivity contribution in [3.8, 4) is 17.2 Å². The minimum atomic E-state index is -2.67. The van der Waals surface area contributed by atoms with Crippen LogP contribution in [0.1, 0.15) is 39.9 Å². The molecule has 0 aromatic heterocycles. The van der Waals surface area contributed by atoms with Gasteiger partial charge in [0.15, 0.2) is 46.2 Å². The van der Waals surface area contributed by atoms with Crippen LogP contribution < -0.4 is 10.5 Å². The number of allylic oxidation sites excluding steroid dienone is 1. The Kier molecular flexibility index (Phi) is 6.38. The fourth-order valence-corrected chi connectivity index (χ4v) is 6.36. The summed E-state index contributed by atoms with van der Waals surface area (Å²) < 4.78 is 5.13. The average molecular weight is 534 g/mol. The standard InChI is InChI=1S/C29H27NO9/c1-39-20-7-3-6-14(24(20)33)5-2-4-13-8-9-18(31)22-17(13)11-15-10-16-12-19(32)23(28(30)37)27(36)29(16,38)26(35)21(15)25(22)34/h2-4,6-9,15-16,21,23,31,33,38H,5,10-12H2,1H3,(H2,30,37)/t15-,16+,21?,23?,29+/m1/s1. The second-order valence-corrected chi connectivity index (χ2v) is 10.3. The summed E-state index contributed by atoms with van der Waals surface area (Å²) in [6.45, 7) is 0. The number of aromatic hydroxyl groups is 2. The highest BCUT2D eigenvalue weighted by atomic mass is 16.5. The van der Waals surface area contributed by atoms with E-state index in [-0.39, 0.29) is 36.3 Å². The third-order valence-corrected chi connectivity index (χ3v) is 8.26. The number of para-hydroxylation sites is 1. The van der Waals surface area contributed by atoms with Crippen LogP contribution in [-0.4, -0.2) is 57.1 Å². The summed E-state index contributed by atoms with van der Waals surface area (Å²) in [6, 6.07) is 8.09. The molecule has 10 nitrogen and oxygen atoms in total. The number of phenols is 2. The zero-order valence-electron chi connectivity index (χ0n) is 21.0. The molecule has 0 heterocycles. The van der Waals surface area contributed by atoms with Gasteiger partial charge in [-0.2, -0.15) is 0 Å². The minimum absolute atomic E-state index is 0.0127. The van der Waals surface area contributed by atoms with E-state index in [1.54, 1.807) is 36.4 Å². The lowest BCUT2D eigenvalue weighted by atomic mass is 9.53. The summed E-state index contributed by atoms with van der Waals surface area (Å²) in [5.41, 5.74) is 4.21. The van der Waals surface area contributed by atoms with Crippen LogP contribution in [0.25, 0.3) is 6.08 Å². The summed E-state index contributed by atoms with van der Waals surface area (Å²) in [4.78, 5) is 64.4. The van der Waals surface area contributed by atoms with Gasteiger partial charge < -0.3 is 25.8 Å². The zero-order valence-corrected chi connectivity index (χ0v) is 21.0. The van der Waals surface area contributed by atoms with Crippen molar-refractivity contribution in [1.29, 1.82) is 0 Å². The zero-order chi connectivity index (χ0) is 28.2. The lowest BCUT2D eigenvalue weighted by Gasteiger charge is -2.48. The van der Waals surface area contributed by atoms with E-state index < -0.39 is 58.3 Å².